The van der Waals surface area contributed by atoms with Gasteiger partial charge in [-0.05, 0) is 12.8 Å². The Balaban J connectivity index is 1.63. The van der Waals surface area contributed by atoms with Crippen LogP contribution < -0.4 is 5.49 Å². The first-order valence-electron chi connectivity index (χ1n) is 8.87. The number of fused-ring (bicyclic) bond motifs is 3. The average Bonchev–Trinajstić information content (AvgIpc) is 3.24. The van der Waals surface area contributed by atoms with Gasteiger partial charge in [0.2, 0.25) is 0 Å². The summed E-state index contributed by atoms with van der Waals surface area (Å²) in [4.78, 5) is 17.3. The van der Waals surface area contributed by atoms with Crippen molar-refractivity contribution in [3.05, 3.63) is 59.6 Å². The molecule has 0 saturated heterocycles. The summed E-state index contributed by atoms with van der Waals surface area (Å²) in [5.41, 5.74) is 2.37. The predicted molar refractivity (Wildman–Crippen MR) is 106 cm³/mol. The number of carbonyl (C=O) groups excluding carboxylic acids is 1. The van der Waals surface area contributed by atoms with Crippen LogP contribution in [0.15, 0.2) is 53.2 Å². The van der Waals surface area contributed by atoms with Gasteiger partial charge in [-0.1, -0.05) is 54.6 Å². The van der Waals surface area contributed by atoms with Crippen LogP contribution in [0.5, 0.6) is 0 Å². The molecule has 6 heteroatoms. The molecule has 1 fully saturated rings. The number of thioether (sulfide) groups is 2. The molecule has 26 heavy (non-hydrogen) atoms. The third-order valence-electron chi connectivity index (χ3n) is 5.01. The van der Waals surface area contributed by atoms with Crippen LogP contribution in [0, 0.1) is 5.41 Å². The highest BCUT2D eigenvalue weighted by Crippen LogP contribution is 2.51. The molecule has 1 aliphatic heterocycles. The highest BCUT2D eigenvalue weighted by molar-refractivity contribution is 8.00. The number of allylic oxidation sites excluding steroid dienone is 1. The van der Waals surface area contributed by atoms with Crippen LogP contribution in [0.2, 0.25) is 0 Å². The van der Waals surface area contributed by atoms with Crippen molar-refractivity contribution in [2.24, 2.45) is 0 Å². The second-order valence-electron chi connectivity index (χ2n) is 6.63. The van der Waals surface area contributed by atoms with Gasteiger partial charge in [0.15, 0.2) is 10.9 Å². The maximum atomic E-state index is 12.4. The summed E-state index contributed by atoms with van der Waals surface area (Å²) in [6.45, 7) is 4.37. The highest BCUT2D eigenvalue weighted by Gasteiger charge is 2.39. The van der Waals surface area contributed by atoms with E-state index in [0.29, 0.717) is 34.5 Å². The predicted octanol–water partition coefficient (Wildman–Crippen LogP) is 4.27. The Kier molecular flexibility index (Phi) is 5.05. The minimum Gasteiger partial charge on any atom is -0.302 e. The zero-order valence-electron chi connectivity index (χ0n) is 14.5. The van der Waals surface area contributed by atoms with E-state index in [4.69, 9.17) is 10.4 Å². The normalized spacial score (nSPS) is 20.6. The Hall–Kier alpha value is -1.79. The molecule has 2 aliphatic rings. The Morgan fingerprint density at radius 2 is 2.19 bits per heavy atom. The minimum absolute atomic E-state index is 0.0825. The fraction of sp³-hybridized carbons (Fsp3) is 0.350. The Labute approximate surface area is 161 Å². The van der Waals surface area contributed by atoms with Crippen LogP contribution in [0.3, 0.4) is 0 Å². The number of benzene rings is 1. The summed E-state index contributed by atoms with van der Waals surface area (Å²) in [6, 6.07) is 9.33. The quantitative estimate of drug-likeness (QED) is 0.266. The largest absolute Gasteiger partial charge is 0.302 e. The van der Waals surface area contributed by atoms with Gasteiger partial charge in [0.1, 0.15) is 10.5 Å². The van der Waals surface area contributed by atoms with E-state index in [0.717, 1.165) is 22.2 Å². The summed E-state index contributed by atoms with van der Waals surface area (Å²) >= 11 is 3.24. The first-order chi connectivity index (χ1) is 12.7. The van der Waals surface area contributed by atoms with Crippen molar-refractivity contribution < 1.29 is 4.79 Å². The summed E-state index contributed by atoms with van der Waals surface area (Å²) in [7, 11) is 0. The number of Topliss-reactive ketones (excluding diaryl/α,β-unsaturated/α-hetero) is 1. The van der Waals surface area contributed by atoms with Gasteiger partial charge in [-0.25, -0.2) is 4.98 Å². The van der Waals surface area contributed by atoms with Gasteiger partial charge in [-0.2, -0.15) is 0 Å². The fourth-order valence-electron chi connectivity index (χ4n) is 3.76. The molecule has 0 radical (unpaired) electrons. The van der Waals surface area contributed by atoms with Crippen molar-refractivity contribution in [2.75, 3.05) is 5.75 Å². The summed E-state index contributed by atoms with van der Waals surface area (Å²) in [6.07, 6.45) is 5.40. The van der Waals surface area contributed by atoms with E-state index in [2.05, 4.69) is 6.58 Å². The number of rotatable bonds is 6. The first kappa shape index (κ1) is 17.6. The maximum absolute atomic E-state index is 12.4. The molecule has 0 bridgehead atoms. The van der Waals surface area contributed by atoms with E-state index in [-0.39, 0.29) is 5.78 Å². The number of carbonyl (C=O) groups is 1. The minimum atomic E-state index is 0.0825. The number of ketones is 1. The lowest BCUT2D eigenvalue weighted by molar-refractivity contribution is 0.102. The van der Waals surface area contributed by atoms with Crippen molar-refractivity contribution >= 4 is 29.3 Å². The van der Waals surface area contributed by atoms with Crippen LogP contribution >= 0.6 is 23.5 Å². The average molecular weight is 384 g/mol. The molecule has 2 unspecified atom stereocenters. The van der Waals surface area contributed by atoms with Crippen LogP contribution in [0.25, 0.3) is 0 Å². The molecule has 134 valence electrons. The van der Waals surface area contributed by atoms with E-state index in [1.165, 1.54) is 24.6 Å². The first-order valence-corrected chi connectivity index (χ1v) is 10.7. The van der Waals surface area contributed by atoms with E-state index in [9.17, 15) is 4.79 Å². The van der Waals surface area contributed by atoms with Gasteiger partial charge >= 0.3 is 0 Å². The Morgan fingerprint density at radius 1 is 1.38 bits per heavy atom. The van der Waals surface area contributed by atoms with Crippen molar-refractivity contribution in [3.8, 4) is 0 Å². The number of hydrogen-bond acceptors (Lipinski definition) is 5. The van der Waals surface area contributed by atoms with Gasteiger partial charge in [-0.3, -0.25) is 10.2 Å². The van der Waals surface area contributed by atoms with Gasteiger partial charge in [0.25, 0.3) is 0 Å². The molecule has 0 amide bonds. The molecule has 2 aromatic rings. The molecule has 2 atom stereocenters. The molecule has 2 heterocycles. The monoisotopic (exact) mass is 383 g/mol. The SMILES string of the molecule is C=CCn1c(SCC(=O)c2ccccc2)nc2c(c1=N)C1CCCC1S2. The van der Waals surface area contributed by atoms with Gasteiger partial charge < -0.3 is 4.57 Å². The number of nitrogens with zero attached hydrogens (tertiary/aromatic N) is 2. The zero-order chi connectivity index (χ0) is 18.1. The van der Waals surface area contributed by atoms with Crippen LogP contribution in [0.1, 0.15) is 41.1 Å². The van der Waals surface area contributed by atoms with Crippen LogP contribution in [-0.2, 0) is 6.54 Å². The molecule has 4 rings (SSSR count). The summed E-state index contributed by atoms with van der Waals surface area (Å²) in [5, 5.41) is 11.1. The molecule has 4 nitrogen and oxygen atoms in total. The topological polar surface area (TPSA) is 58.7 Å². The molecule has 1 saturated carbocycles. The van der Waals surface area contributed by atoms with Crippen molar-refractivity contribution in [2.45, 2.75) is 47.2 Å². The number of aromatic nitrogens is 2. The molecule has 1 aliphatic carbocycles. The molecular weight excluding hydrogens is 362 g/mol. The zero-order valence-corrected chi connectivity index (χ0v) is 16.1. The van der Waals surface area contributed by atoms with Crippen LogP contribution in [0.4, 0.5) is 0 Å². The lowest BCUT2D eigenvalue weighted by atomic mass is 10.0. The van der Waals surface area contributed by atoms with Crippen molar-refractivity contribution in [3.63, 3.8) is 0 Å². The standard InChI is InChI=1S/C20H21N3OS2/c1-2-11-23-18(21)17-14-9-6-10-16(14)26-19(17)22-20(23)25-12-15(24)13-7-4-3-5-8-13/h2-5,7-8,14,16,21H,1,6,9-12H2. The Morgan fingerprint density at radius 3 is 2.96 bits per heavy atom. The number of nitrogens with one attached hydrogen (secondary N) is 1. The van der Waals surface area contributed by atoms with Gasteiger partial charge in [0, 0.05) is 28.8 Å². The van der Waals surface area contributed by atoms with E-state index in [1.807, 2.05) is 46.7 Å². The van der Waals surface area contributed by atoms with E-state index >= 15 is 0 Å². The molecule has 1 N–H and O–H groups in total. The lowest BCUT2D eigenvalue weighted by Gasteiger charge is -2.15. The third-order valence-corrected chi connectivity index (χ3v) is 7.39. The maximum Gasteiger partial charge on any atom is 0.173 e. The fourth-order valence-corrected chi connectivity index (χ4v) is 6.24. The third kappa shape index (κ3) is 3.16. The smallest absolute Gasteiger partial charge is 0.173 e. The Bertz CT molecular complexity index is 907. The van der Waals surface area contributed by atoms with Crippen molar-refractivity contribution in [1.82, 2.24) is 9.55 Å². The van der Waals surface area contributed by atoms with Gasteiger partial charge in [-0.15, -0.1) is 18.3 Å². The number of hydrogen-bond donors (Lipinski definition) is 1. The van der Waals surface area contributed by atoms with Crippen LogP contribution in [-0.4, -0.2) is 26.3 Å². The summed E-state index contributed by atoms with van der Waals surface area (Å²) in [5.74, 6) is 0.874. The van der Waals surface area contributed by atoms with Crippen molar-refractivity contribution in [1.29, 1.82) is 5.41 Å². The van der Waals surface area contributed by atoms with E-state index in [1.54, 1.807) is 6.08 Å². The molecular formula is C20H21N3OS2. The second-order valence-corrected chi connectivity index (χ2v) is 8.80. The molecule has 0 spiro atoms. The molecule has 1 aromatic carbocycles. The lowest BCUT2D eigenvalue weighted by Crippen LogP contribution is -2.28. The second kappa shape index (κ2) is 7.45. The molecule has 1 aromatic heterocycles. The van der Waals surface area contributed by atoms with E-state index < -0.39 is 0 Å². The van der Waals surface area contributed by atoms with Gasteiger partial charge in [0.05, 0.1) is 5.75 Å². The summed E-state index contributed by atoms with van der Waals surface area (Å²) < 4.78 is 1.90. The highest BCUT2D eigenvalue weighted by atomic mass is 32.2.